The Hall–Kier alpha value is -4.54. The van der Waals surface area contributed by atoms with Crippen LogP contribution in [0.25, 0.3) is 11.1 Å². The molecule has 0 spiro atoms. The van der Waals surface area contributed by atoms with Crippen LogP contribution in [0.15, 0.2) is 66.7 Å². The molecule has 0 atom stereocenters. The fourth-order valence-electron chi connectivity index (χ4n) is 5.58. The fraction of sp³-hybridized carbons (Fsp3) is 0.364. The summed E-state index contributed by atoms with van der Waals surface area (Å²) in [7, 11) is 0. The Labute approximate surface area is 254 Å². The van der Waals surface area contributed by atoms with Gasteiger partial charge >= 0.3 is 12.3 Å². The first kappa shape index (κ1) is 32.4. The second-order valence-electron chi connectivity index (χ2n) is 10.9. The molecule has 0 saturated heterocycles. The van der Waals surface area contributed by atoms with E-state index in [0.717, 1.165) is 43.4 Å². The van der Waals surface area contributed by atoms with Gasteiger partial charge in [-0.25, -0.2) is 4.79 Å². The predicted molar refractivity (Wildman–Crippen MR) is 160 cm³/mol. The monoisotopic (exact) mass is 611 g/mol. The van der Waals surface area contributed by atoms with Crippen LogP contribution < -0.4 is 15.2 Å². The van der Waals surface area contributed by atoms with Crippen molar-refractivity contribution in [3.8, 4) is 28.4 Å². The number of nitrogens with zero attached hydrogens (tertiary/aromatic N) is 1. The second kappa shape index (κ2) is 13.8. The Morgan fingerprint density at radius 3 is 2.25 bits per heavy atom. The first-order valence-electron chi connectivity index (χ1n) is 14.6. The first-order valence-corrected chi connectivity index (χ1v) is 14.6. The summed E-state index contributed by atoms with van der Waals surface area (Å²) in [5.41, 5.74) is 7.01. The maximum absolute atomic E-state index is 13.3. The third-order valence-electron chi connectivity index (χ3n) is 7.80. The number of aliphatic carboxylic acids is 1. The summed E-state index contributed by atoms with van der Waals surface area (Å²) >= 11 is 0. The lowest BCUT2D eigenvalue weighted by molar-refractivity contribution is -0.274. The normalized spacial score (nSPS) is 14.5. The first-order chi connectivity index (χ1) is 20.9. The zero-order chi connectivity index (χ0) is 31.9. The number of halogens is 3. The molecule has 1 fully saturated rings. The molecule has 0 bridgehead atoms. The van der Waals surface area contributed by atoms with Crippen LogP contribution in [0.2, 0.25) is 0 Å². The number of rotatable bonds is 12. The van der Waals surface area contributed by atoms with Gasteiger partial charge in [0.25, 0.3) is 0 Å². The van der Waals surface area contributed by atoms with Crippen molar-refractivity contribution in [1.82, 2.24) is 4.90 Å². The van der Waals surface area contributed by atoms with Crippen LogP contribution in [0.3, 0.4) is 0 Å². The van der Waals surface area contributed by atoms with Gasteiger partial charge in [0, 0.05) is 24.6 Å². The number of amides is 1. The molecule has 0 heterocycles. The van der Waals surface area contributed by atoms with Gasteiger partial charge in [0.15, 0.2) is 0 Å². The topological polar surface area (TPSA) is 126 Å². The van der Waals surface area contributed by atoms with Crippen molar-refractivity contribution in [3.05, 3.63) is 77.9 Å². The number of nitrogens with one attached hydrogen (secondary N) is 1. The number of alkyl halides is 3. The molecule has 3 aromatic rings. The van der Waals surface area contributed by atoms with Crippen molar-refractivity contribution >= 4 is 17.7 Å². The third-order valence-corrected chi connectivity index (χ3v) is 7.80. The standard InChI is InChI=1S/C33H36F3N3O5/c1-2-3-10-29(40)39(32(31(41)42)17-5-4-6-18-32)21-22-11-13-23(14-12-22)28-20-25(15-16-27(28)30(37)38)43-24-8-7-9-26(19-24)44-33(34,35)36/h7-9,11-16,19-20H,2-6,10,17-18,21H2,1H3,(H3,37,38)(H,41,42). The van der Waals surface area contributed by atoms with Gasteiger partial charge in [0.05, 0.1) is 0 Å². The summed E-state index contributed by atoms with van der Waals surface area (Å²) in [6.07, 6.45) is 0.196. The van der Waals surface area contributed by atoms with E-state index in [9.17, 15) is 27.9 Å². The molecule has 234 valence electrons. The van der Waals surface area contributed by atoms with E-state index in [1.807, 2.05) is 19.1 Å². The minimum absolute atomic E-state index is 0.117. The molecule has 0 aromatic heterocycles. The van der Waals surface area contributed by atoms with Gasteiger partial charge in [0.2, 0.25) is 5.91 Å². The maximum Gasteiger partial charge on any atom is 0.573 e. The van der Waals surface area contributed by atoms with Gasteiger partial charge in [-0.1, -0.05) is 62.9 Å². The van der Waals surface area contributed by atoms with E-state index < -0.39 is 23.6 Å². The number of benzene rings is 3. The molecule has 44 heavy (non-hydrogen) atoms. The SMILES string of the molecule is CCCCC(=O)N(Cc1ccc(-c2cc(Oc3cccc(OC(F)(F)F)c3)ccc2C(=N)N)cc1)C1(C(=O)O)CCCCC1. The van der Waals surface area contributed by atoms with Gasteiger partial charge in [-0.3, -0.25) is 10.2 Å². The highest BCUT2D eigenvalue weighted by atomic mass is 19.4. The molecule has 0 radical (unpaired) electrons. The summed E-state index contributed by atoms with van der Waals surface area (Å²) in [4.78, 5) is 27.5. The number of hydrogen-bond donors (Lipinski definition) is 3. The Kier molecular flexibility index (Phi) is 10.2. The number of carbonyl (C=O) groups is 2. The van der Waals surface area contributed by atoms with Crippen molar-refractivity contribution in [2.24, 2.45) is 5.73 Å². The Morgan fingerprint density at radius 2 is 1.64 bits per heavy atom. The number of carbonyl (C=O) groups excluding carboxylic acids is 1. The van der Waals surface area contributed by atoms with Gasteiger partial charge < -0.3 is 25.2 Å². The van der Waals surface area contributed by atoms with Crippen LogP contribution in [-0.2, 0) is 16.1 Å². The number of nitrogens with two attached hydrogens (primary N) is 1. The molecule has 1 aliphatic carbocycles. The minimum Gasteiger partial charge on any atom is -0.479 e. The number of nitrogen functional groups attached to an aromatic ring is 1. The molecule has 4 N–H and O–H groups in total. The van der Waals surface area contributed by atoms with Gasteiger partial charge in [0.1, 0.15) is 28.6 Å². The molecule has 4 rings (SSSR count). The lowest BCUT2D eigenvalue weighted by Gasteiger charge is -2.43. The van der Waals surface area contributed by atoms with Crippen molar-refractivity contribution in [1.29, 1.82) is 5.41 Å². The van der Waals surface area contributed by atoms with Crippen molar-refractivity contribution in [2.45, 2.75) is 76.7 Å². The van der Waals surface area contributed by atoms with Crippen LogP contribution in [0.4, 0.5) is 13.2 Å². The Bertz CT molecular complexity index is 1480. The van der Waals surface area contributed by atoms with E-state index in [4.69, 9.17) is 15.9 Å². The number of carboxylic acids is 1. The number of hydrogen-bond acceptors (Lipinski definition) is 5. The van der Waals surface area contributed by atoms with E-state index in [2.05, 4.69) is 4.74 Å². The van der Waals surface area contributed by atoms with Gasteiger partial charge in [-0.2, -0.15) is 0 Å². The number of unbranched alkanes of at least 4 members (excludes halogenated alkanes) is 1. The summed E-state index contributed by atoms with van der Waals surface area (Å²) in [5.74, 6) is -1.35. The quantitative estimate of drug-likeness (QED) is 0.143. The molecule has 1 aliphatic rings. The van der Waals surface area contributed by atoms with E-state index in [1.54, 1.807) is 35.2 Å². The average Bonchev–Trinajstić information content (AvgIpc) is 2.98. The number of carboxylic acid groups (broad SMARTS) is 1. The molecule has 0 unspecified atom stereocenters. The zero-order valence-corrected chi connectivity index (χ0v) is 24.5. The lowest BCUT2D eigenvalue weighted by Crippen LogP contribution is -2.57. The molecule has 1 amide bonds. The summed E-state index contributed by atoms with van der Waals surface area (Å²) in [6, 6.07) is 17.1. The maximum atomic E-state index is 13.3. The molecule has 3 aromatic carbocycles. The predicted octanol–water partition coefficient (Wildman–Crippen LogP) is 7.63. The zero-order valence-electron chi connectivity index (χ0n) is 24.5. The van der Waals surface area contributed by atoms with E-state index in [-0.39, 0.29) is 30.5 Å². The van der Waals surface area contributed by atoms with Gasteiger partial charge in [-0.15, -0.1) is 13.2 Å². The second-order valence-corrected chi connectivity index (χ2v) is 10.9. The van der Waals surface area contributed by atoms with Crippen molar-refractivity contribution in [2.75, 3.05) is 0 Å². The van der Waals surface area contributed by atoms with Crippen LogP contribution >= 0.6 is 0 Å². The number of amidine groups is 1. The molecule has 1 saturated carbocycles. The number of ether oxygens (including phenoxy) is 2. The van der Waals surface area contributed by atoms with E-state index >= 15 is 0 Å². The summed E-state index contributed by atoms with van der Waals surface area (Å²) in [5, 5.41) is 18.3. The summed E-state index contributed by atoms with van der Waals surface area (Å²) < 4.78 is 47.7. The highest BCUT2D eigenvalue weighted by molar-refractivity contribution is 6.01. The third kappa shape index (κ3) is 7.89. The molecule has 11 heteroatoms. The Balaban J connectivity index is 1.61. The molecular formula is C33H36F3N3O5. The molecule has 8 nitrogen and oxygen atoms in total. The van der Waals surface area contributed by atoms with E-state index in [0.29, 0.717) is 41.7 Å². The smallest absolute Gasteiger partial charge is 0.479 e. The van der Waals surface area contributed by atoms with Crippen molar-refractivity contribution < 1.29 is 37.3 Å². The lowest BCUT2D eigenvalue weighted by atomic mass is 9.79. The average molecular weight is 612 g/mol. The fourth-order valence-corrected chi connectivity index (χ4v) is 5.58. The summed E-state index contributed by atoms with van der Waals surface area (Å²) in [6.45, 7) is 2.13. The Morgan fingerprint density at radius 1 is 0.977 bits per heavy atom. The van der Waals surface area contributed by atoms with E-state index in [1.165, 1.54) is 12.1 Å². The molecular weight excluding hydrogens is 575 g/mol. The van der Waals surface area contributed by atoms with Crippen LogP contribution in [0, 0.1) is 5.41 Å². The highest BCUT2D eigenvalue weighted by Crippen LogP contribution is 2.37. The van der Waals surface area contributed by atoms with Crippen LogP contribution in [0.5, 0.6) is 17.2 Å². The minimum atomic E-state index is -4.84. The van der Waals surface area contributed by atoms with Crippen LogP contribution in [0.1, 0.15) is 69.4 Å². The van der Waals surface area contributed by atoms with Crippen molar-refractivity contribution in [3.63, 3.8) is 0 Å². The largest absolute Gasteiger partial charge is 0.573 e. The van der Waals surface area contributed by atoms with Gasteiger partial charge in [-0.05, 0) is 66.3 Å². The van der Waals surface area contributed by atoms with Crippen LogP contribution in [-0.4, -0.2) is 39.6 Å². The molecule has 0 aliphatic heterocycles. The highest BCUT2D eigenvalue weighted by Gasteiger charge is 2.47.